The van der Waals surface area contributed by atoms with E-state index in [2.05, 4.69) is 63.1 Å². The van der Waals surface area contributed by atoms with Crippen LogP contribution in [-0.4, -0.2) is 6.26 Å². The number of thioether (sulfide) groups is 1. The van der Waals surface area contributed by atoms with Gasteiger partial charge in [-0.3, -0.25) is 0 Å². The van der Waals surface area contributed by atoms with Gasteiger partial charge in [0, 0.05) is 20.2 Å². The number of thiol groups is 1. The van der Waals surface area contributed by atoms with Crippen LogP contribution in [0.2, 0.25) is 5.02 Å². The Morgan fingerprint density at radius 1 is 0.815 bits per heavy atom. The van der Waals surface area contributed by atoms with Gasteiger partial charge in [0.25, 0.3) is 0 Å². The van der Waals surface area contributed by atoms with Crippen LogP contribution in [0, 0.1) is 0 Å². The Balaban J connectivity index is 0.000000244. The van der Waals surface area contributed by atoms with Crippen LogP contribution in [0.4, 0.5) is 0 Å². The molecule has 142 valence electrons. The van der Waals surface area contributed by atoms with E-state index in [0.717, 1.165) is 9.92 Å². The second kappa shape index (κ2) is 9.73. The van der Waals surface area contributed by atoms with Gasteiger partial charge in [0.05, 0.1) is 0 Å². The molecular weight excluding hydrogens is 388 g/mol. The molecule has 0 N–H and O–H groups in total. The maximum absolute atomic E-state index is 6.14. The molecule has 3 heteroatoms. The largest absolute Gasteiger partial charge is 0.143 e. The Kier molecular flexibility index (Phi) is 7.91. The van der Waals surface area contributed by atoms with E-state index >= 15 is 0 Å². The first-order valence-electron chi connectivity index (χ1n) is 9.16. The van der Waals surface area contributed by atoms with Crippen molar-refractivity contribution in [2.45, 2.75) is 42.9 Å². The molecule has 0 nitrogen and oxygen atoms in total. The third-order valence-electron chi connectivity index (χ3n) is 4.60. The number of hydrogen-bond acceptors (Lipinski definition) is 2. The summed E-state index contributed by atoms with van der Waals surface area (Å²) in [6.45, 7) is 8.57. The van der Waals surface area contributed by atoms with Crippen LogP contribution < -0.4 is 0 Å². The minimum Gasteiger partial charge on any atom is -0.143 e. The van der Waals surface area contributed by atoms with Crippen molar-refractivity contribution >= 4 is 36.0 Å². The highest BCUT2D eigenvalue weighted by Crippen LogP contribution is 2.49. The van der Waals surface area contributed by atoms with Gasteiger partial charge in [-0.05, 0) is 64.9 Å². The standard InChI is InChI=1S/C16H15ClS.C6H6S.C2H6/c1-16(2)14-7-4-10(17)8-13(14)12-6-5-11(18-3)9-15(12)16;7-6-4-2-1-3-5-6;1-2/h4-9H,1-3H3;1-5,7H;1-2H3. The summed E-state index contributed by atoms with van der Waals surface area (Å²) in [5.41, 5.74) is 5.47. The number of halogens is 1. The summed E-state index contributed by atoms with van der Waals surface area (Å²) in [5, 5.41) is 0.811. The molecule has 0 heterocycles. The molecule has 0 aromatic heterocycles. The third-order valence-corrected chi connectivity index (χ3v) is 5.86. The third kappa shape index (κ3) is 4.93. The van der Waals surface area contributed by atoms with Gasteiger partial charge < -0.3 is 0 Å². The van der Waals surface area contributed by atoms with Gasteiger partial charge in [-0.15, -0.1) is 24.4 Å². The summed E-state index contributed by atoms with van der Waals surface area (Å²) in [6, 6.07) is 22.8. The van der Waals surface area contributed by atoms with E-state index in [9.17, 15) is 0 Å². The molecule has 0 unspecified atom stereocenters. The van der Waals surface area contributed by atoms with E-state index < -0.39 is 0 Å². The van der Waals surface area contributed by atoms with E-state index in [-0.39, 0.29) is 5.41 Å². The van der Waals surface area contributed by atoms with E-state index in [0.29, 0.717) is 0 Å². The molecule has 4 rings (SSSR count). The fourth-order valence-corrected chi connectivity index (χ4v) is 4.04. The molecule has 0 aliphatic heterocycles. The highest BCUT2D eigenvalue weighted by atomic mass is 35.5. The molecule has 3 aromatic carbocycles. The smallest absolute Gasteiger partial charge is 0.0412 e. The van der Waals surface area contributed by atoms with Crippen molar-refractivity contribution in [3.63, 3.8) is 0 Å². The molecule has 0 saturated carbocycles. The van der Waals surface area contributed by atoms with Gasteiger partial charge in [0.1, 0.15) is 0 Å². The van der Waals surface area contributed by atoms with Gasteiger partial charge >= 0.3 is 0 Å². The zero-order valence-corrected chi connectivity index (χ0v) is 19.1. The van der Waals surface area contributed by atoms with Crippen molar-refractivity contribution in [3.8, 4) is 11.1 Å². The van der Waals surface area contributed by atoms with Gasteiger partial charge in [0.15, 0.2) is 0 Å². The Labute approximate surface area is 178 Å². The lowest BCUT2D eigenvalue weighted by atomic mass is 9.82. The van der Waals surface area contributed by atoms with Crippen LogP contribution in [0.15, 0.2) is 76.5 Å². The first kappa shape index (κ1) is 21.9. The van der Waals surface area contributed by atoms with E-state index in [1.165, 1.54) is 27.1 Å². The van der Waals surface area contributed by atoms with Crippen molar-refractivity contribution < 1.29 is 0 Å². The monoisotopic (exact) mass is 414 g/mol. The Morgan fingerprint density at radius 3 is 2.04 bits per heavy atom. The van der Waals surface area contributed by atoms with E-state index in [4.69, 9.17) is 11.6 Å². The van der Waals surface area contributed by atoms with Crippen LogP contribution in [0.1, 0.15) is 38.8 Å². The first-order valence-corrected chi connectivity index (χ1v) is 11.2. The van der Waals surface area contributed by atoms with Gasteiger partial charge in [0.2, 0.25) is 0 Å². The summed E-state index contributed by atoms with van der Waals surface area (Å²) in [4.78, 5) is 2.34. The summed E-state index contributed by atoms with van der Waals surface area (Å²) in [5.74, 6) is 0. The molecule has 0 spiro atoms. The number of benzene rings is 3. The molecule has 1 aliphatic rings. The van der Waals surface area contributed by atoms with Crippen LogP contribution in [-0.2, 0) is 5.41 Å². The first-order chi connectivity index (χ1) is 12.9. The summed E-state index contributed by atoms with van der Waals surface area (Å²) in [6.07, 6.45) is 2.12. The second-order valence-electron chi connectivity index (χ2n) is 6.56. The Hall–Kier alpha value is -1.35. The van der Waals surface area contributed by atoms with Crippen molar-refractivity contribution in [2.24, 2.45) is 0 Å². The Morgan fingerprint density at radius 2 is 1.48 bits per heavy atom. The number of fused-ring (bicyclic) bond motifs is 3. The molecule has 0 bridgehead atoms. The normalized spacial score (nSPS) is 12.7. The van der Waals surface area contributed by atoms with Gasteiger partial charge in [-0.2, -0.15) is 0 Å². The number of hydrogen-bond donors (Lipinski definition) is 1. The predicted molar refractivity (Wildman–Crippen MR) is 126 cm³/mol. The summed E-state index contributed by atoms with van der Waals surface area (Å²) in [7, 11) is 0. The quantitative estimate of drug-likeness (QED) is 0.308. The average molecular weight is 415 g/mol. The zero-order valence-electron chi connectivity index (χ0n) is 16.6. The zero-order chi connectivity index (χ0) is 20.0. The predicted octanol–water partition coefficient (Wildman–Crippen LogP) is 8.37. The molecule has 1 aliphatic carbocycles. The molecule has 0 amide bonds. The molecular formula is C24H27ClS2. The van der Waals surface area contributed by atoms with Crippen molar-refractivity contribution in [1.82, 2.24) is 0 Å². The minimum absolute atomic E-state index is 0.0704. The maximum atomic E-state index is 6.14. The van der Waals surface area contributed by atoms with Crippen molar-refractivity contribution in [2.75, 3.05) is 6.26 Å². The minimum atomic E-state index is 0.0704. The van der Waals surface area contributed by atoms with E-state index in [1.54, 1.807) is 11.8 Å². The lowest BCUT2D eigenvalue weighted by molar-refractivity contribution is 0.658. The fraction of sp³-hybridized carbons (Fsp3) is 0.250. The molecule has 0 saturated heterocycles. The molecule has 0 radical (unpaired) electrons. The number of rotatable bonds is 1. The molecule has 0 fully saturated rings. The molecule has 0 atom stereocenters. The van der Waals surface area contributed by atoms with Crippen LogP contribution in [0.25, 0.3) is 11.1 Å². The average Bonchev–Trinajstić information content (AvgIpc) is 2.91. The summed E-state index contributed by atoms with van der Waals surface area (Å²) < 4.78 is 0. The highest BCUT2D eigenvalue weighted by molar-refractivity contribution is 7.98. The lowest BCUT2D eigenvalue weighted by Crippen LogP contribution is -2.14. The SMILES string of the molecule is CC.CSc1ccc2c(c1)C(C)(C)c1ccc(Cl)cc1-2.Sc1ccccc1. The van der Waals surface area contributed by atoms with Crippen LogP contribution in [0.3, 0.4) is 0 Å². The lowest BCUT2D eigenvalue weighted by Gasteiger charge is -2.21. The Bertz CT molecular complexity index is 886. The fourth-order valence-electron chi connectivity index (χ4n) is 3.26. The second-order valence-corrected chi connectivity index (χ2v) is 8.39. The van der Waals surface area contributed by atoms with Crippen LogP contribution >= 0.6 is 36.0 Å². The molecule has 27 heavy (non-hydrogen) atoms. The van der Waals surface area contributed by atoms with Crippen molar-refractivity contribution in [1.29, 1.82) is 0 Å². The van der Waals surface area contributed by atoms with Gasteiger partial charge in [-0.1, -0.05) is 69.6 Å². The van der Waals surface area contributed by atoms with Crippen LogP contribution in [0.5, 0.6) is 0 Å². The molecule has 3 aromatic rings. The summed E-state index contributed by atoms with van der Waals surface area (Å²) >= 11 is 12.0. The van der Waals surface area contributed by atoms with E-state index in [1.807, 2.05) is 50.2 Å². The highest BCUT2D eigenvalue weighted by Gasteiger charge is 2.35. The maximum Gasteiger partial charge on any atom is 0.0412 e. The topological polar surface area (TPSA) is 0 Å². The van der Waals surface area contributed by atoms with Crippen molar-refractivity contribution in [3.05, 3.63) is 82.9 Å². The van der Waals surface area contributed by atoms with Gasteiger partial charge in [-0.25, -0.2) is 0 Å².